The van der Waals surface area contributed by atoms with E-state index in [0.29, 0.717) is 5.92 Å². The van der Waals surface area contributed by atoms with Crippen LogP contribution in [0.15, 0.2) is 41.1 Å². The van der Waals surface area contributed by atoms with E-state index in [9.17, 15) is 0 Å². The molecule has 90 valence electrons. The van der Waals surface area contributed by atoms with Gasteiger partial charge < -0.3 is 9.84 Å². The Hall–Kier alpha value is -1.61. The van der Waals surface area contributed by atoms with Gasteiger partial charge in [-0.15, -0.1) is 0 Å². The van der Waals surface area contributed by atoms with Crippen LogP contribution in [0.1, 0.15) is 29.7 Å². The van der Waals surface area contributed by atoms with Gasteiger partial charge in [0.2, 0.25) is 0 Å². The molecule has 0 amide bonds. The van der Waals surface area contributed by atoms with Crippen molar-refractivity contribution in [2.24, 2.45) is 0 Å². The highest BCUT2D eigenvalue weighted by molar-refractivity contribution is 5.19. The second kappa shape index (κ2) is 5.64. The van der Waals surface area contributed by atoms with Gasteiger partial charge in [-0.1, -0.05) is 42.4 Å². The third-order valence-electron chi connectivity index (χ3n) is 2.98. The normalized spacial score (nSPS) is 12.6. The van der Waals surface area contributed by atoms with E-state index in [1.165, 1.54) is 5.56 Å². The highest BCUT2D eigenvalue weighted by Crippen LogP contribution is 2.13. The van der Waals surface area contributed by atoms with Crippen molar-refractivity contribution < 1.29 is 4.52 Å². The molecule has 0 aliphatic rings. The summed E-state index contributed by atoms with van der Waals surface area (Å²) in [6, 6.07) is 10.5. The van der Waals surface area contributed by atoms with Crippen molar-refractivity contribution >= 4 is 0 Å². The maximum absolute atomic E-state index is 4.90. The van der Waals surface area contributed by atoms with Crippen LogP contribution in [-0.2, 0) is 6.54 Å². The van der Waals surface area contributed by atoms with E-state index >= 15 is 0 Å². The van der Waals surface area contributed by atoms with Gasteiger partial charge in [0.25, 0.3) is 0 Å². The smallest absolute Gasteiger partial charge is 0.128 e. The lowest BCUT2D eigenvalue weighted by Crippen LogP contribution is -2.19. The molecule has 0 saturated heterocycles. The van der Waals surface area contributed by atoms with Crippen molar-refractivity contribution in [3.8, 4) is 0 Å². The van der Waals surface area contributed by atoms with Gasteiger partial charge in [-0.05, 0) is 18.4 Å². The topological polar surface area (TPSA) is 38.1 Å². The molecule has 17 heavy (non-hydrogen) atoms. The molecule has 2 rings (SSSR count). The van der Waals surface area contributed by atoms with Gasteiger partial charge >= 0.3 is 0 Å². The summed E-state index contributed by atoms with van der Waals surface area (Å²) in [6.45, 7) is 5.95. The Morgan fingerprint density at radius 1 is 1.29 bits per heavy atom. The van der Waals surface area contributed by atoms with Crippen molar-refractivity contribution in [2.45, 2.75) is 26.3 Å². The molecular formula is C14H18N2O. The minimum Gasteiger partial charge on any atom is -0.364 e. The summed E-state index contributed by atoms with van der Waals surface area (Å²) in [5, 5.41) is 7.28. The van der Waals surface area contributed by atoms with Crippen LogP contribution in [0, 0.1) is 6.92 Å². The van der Waals surface area contributed by atoms with Crippen molar-refractivity contribution in [3.05, 3.63) is 53.4 Å². The average molecular weight is 230 g/mol. The zero-order valence-corrected chi connectivity index (χ0v) is 10.3. The fraction of sp³-hybridized carbons (Fsp3) is 0.357. The first-order chi connectivity index (χ1) is 8.27. The number of aromatic nitrogens is 1. The molecule has 0 aliphatic heterocycles. The zero-order chi connectivity index (χ0) is 12.1. The van der Waals surface area contributed by atoms with Crippen molar-refractivity contribution in [3.63, 3.8) is 0 Å². The van der Waals surface area contributed by atoms with Crippen LogP contribution in [0.3, 0.4) is 0 Å². The zero-order valence-electron chi connectivity index (χ0n) is 10.3. The monoisotopic (exact) mass is 230 g/mol. The minimum atomic E-state index is 0.511. The van der Waals surface area contributed by atoms with Crippen LogP contribution in [0.25, 0.3) is 0 Å². The number of aryl methyl sites for hydroxylation is 1. The number of rotatable bonds is 5. The fourth-order valence-electron chi connectivity index (χ4n) is 1.81. The van der Waals surface area contributed by atoms with Crippen molar-refractivity contribution in [2.75, 3.05) is 6.54 Å². The molecule has 0 unspecified atom stereocenters. The molecule has 1 N–H and O–H groups in total. The third kappa shape index (κ3) is 3.17. The number of benzene rings is 1. The summed E-state index contributed by atoms with van der Waals surface area (Å²) in [4.78, 5) is 0. The Labute approximate surface area is 102 Å². The molecule has 0 aliphatic carbocycles. The first kappa shape index (κ1) is 11.9. The Morgan fingerprint density at radius 3 is 2.71 bits per heavy atom. The second-order valence-corrected chi connectivity index (χ2v) is 4.37. The summed E-state index contributed by atoms with van der Waals surface area (Å²) >= 11 is 0. The van der Waals surface area contributed by atoms with Gasteiger partial charge in [0, 0.05) is 18.7 Å². The Morgan fingerprint density at radius 2 is 2.06 bits per heavy atom. The average Bonchev–Trinajstić information content (AvgIpc) is 2.76. The molecule has 0 spiro atoms. The standard InChI is InChI=1S/C14H18N2O/c1-11(13-6-4-3-5-7-13)8-15-9-14-10-17-16-12(14)2/h3-7,10-11,15H,8-9H2,1-2H3/t11-/m0/s1. The van der Waals surface area contributed by atoms with Gasteiger partial charge in [0.1, 0.15) is 6.26 Å². The molecule has 1 atom stereocenters. The molecule has 1 aromatic heterocycles. The first-order valence-corrected chi connectivity index (χ1v) is 5.93. The van der Waals surface area contributed by atoms with Gasteiger partial charge in [-0.2, -0.15) is 0 Å². The molecule has 0 fully saturated rings. The third-order valence-corrected chi connectivity index (χ3v) is 2.98. The lowest BCUT2D eigenvalue weighted by Gasteiger charge is -2.12. The summed E-state index contributed by atoms with van der Waals surface area (Å²) in [7, 11) is 0. The maximum atomic E-state index is 4.90. The molecular weight excluding hydrogens is 212 g/mol. The molecule has 3 nitrogen and oxygen atoms in total. The molecule has 1 heterocycles. The van der Waals surface area contributed by atoms with Gasteiger partial charge in [-0.3, -0.25) is 0 Å². The van der Waals surface area contributed by atoms with E-state index < -0.39 is 0 Å². The maximum Gasteiger partial charge on any atom is 0.128 e. The highest BCUT2D eigenvalue weighted by Gasteiger charge is 2.06. The summed E-state index contributed by atoms with van der Waals surface area (Å²) in [5.74, 6) is 0.511. The molecule has 3 heteroatoms. The number of hydrogen-bond acceptors (Lipinski definition) is 3. The first-order valence-electron chi connectivity index (χ1n) is 5.93. The molecule has 2 aromatic rings. The van der Waals surface area contributed by atoms with E-state index in [2.05, 4.69) is 41.7 Å². The SMILES string of the molecule is Cc1nocc1CNC[C@H](C)c1ccccc1. The van der Waals surface area contributed by atoms with Crippen LogP contribution in [-0.4, -0.2) is 11.7 Å². The number of hydrogen-bond donors (Lipinski definition) is 1. The van der Waals surface area contributed by atoms with Crippen LogP contribution in [0.2, 0.25) is 0 Å². The van der Waals surface area contributed by atoms with E-state index in [-0.39, 0.29) is 0 Å². The Bertz CT molecular complexity index is 450. The van der Waals surface area contributed by atoms with Gasteiger partial charge in [0.15, 0.2) is 0 Å². The Kier molecular flexibility index (Phi) is 3.94. The van der Waals surface area contributed by atoms with E-state index in [4.69, 9.17) is 4.52 Å². The predicted octanol–water partition coefficient (Wildman–Crippen LogP) is 2.88. The molecule has 0 radical (unpaired) electrons. The van der Waals surface area contributed by atoms with Crippen molar-refractivity contribution in [1.29, 1.82) is 0 Å². The van der Waals surface area contributed by atoms with Crippen molar-refractivity contribution in [1.82, 2.24) is 10.5 Å². The number of nitrogens with zero attached hydrogens (tertiary/aromatic N) is 1. The van der Waals surface area contributed by atoms with Gasteiger partial charge in [-0.25, -0.2) is 0 Å². The lowest BCUT2D eigenvalue weighted by atomic mass is 10.0. The summed E-state index contributed by atoms with van der Waals surface area (Å²) in [6.07, 6.45) is 1.70. The Balaban J connectivity index is 1.81. The summed E-state index contributed by atoms with van der Waals surface area (Å²) < 4.78 is 4.90. The lowest BCUT2D eigenvalue weighted by molar-refractivity contribution is 0.414. The van der Waals surface area contributed by atoms with Gasteiger partial charge in [0.05, 0.1) is 5.69 Å². The quantitative estimate of drug-likeness (QED) is 0.858. The van der Waals surface area contributed by atoms with Crippen LogP contribution < -0.4 is 5.32 Å². The largest absolute Gasteiger partial charge is 0.364 e. The predicted molar refractivity (Wildman–Crippen MR) is 67.8 cm³/mol. The fourth-order valence-corrected chi connectivity index (χ4v) is 1.81. The highest BCUT2D eigenvalue weighted by atomic mass is 16.5. The van der Waals surface area contributed by atoms with Crippen LogP contribution in [0.5, 0.6) is 0 Å². The van der Waals surface area contributed by atoms with Crippen LogP contribution in [0.4, 0.5) is 0 Å². The second-order valence-electron chi connectivity index (χ2n) is 4.37. The molecule has 0 saturated carbocycles. The van der Waals surface area contributed by atoms with Crippen LogP contribution >= 0.6 is 0 Å². The molecule has 0 bridgehead atoms. The van der Waals surface area contributed by atoms with E-state index in [0.717, 1.165) is 24.3 Å². The minimum absolute atomic E-state index is 0.511. The number of nitrogens with one attached hydrogen (secondary N) is 1. The summed E-state index contributed by atoms with van der Waals surface area (Å²) in [5.41, 5.74) is 3.46. The van der Waals surface area contributed by atoms with E-state index in [1.807, 2.05) is 13.0 Å². The van der Waals surface area contributed by atoms with E-state index in [1.54, 1.807) is 6.26 Å². The molecule has 1 aromatic carbocycles.